The van der Waals surface area contributed by atoms with Crippen molar-refractivity contribution in [3.05, 3.63) is 66.5 Å². The average molecular weight is 293 g/mol. The molecule has 0 amide bonds. The Morgan fingerprint density at radius 2 is 1.95 bits per heavy atom. The number of hydrogen-bond donors (Lipinski definition) is 1. The molecule has 0 atom stereocenters. The molecule has 4 rings (SSSR count). The standard InChI is InChI=1S/C16H12FN5/c17-12-1-2-14-13(9-12)21-15(16-19-7-8-22(14)16)20-10-11-3-5-18-6-4-11/h1-9H,10H2,(H,20,21). The smallest absolute Gasteiger partial charge is 0.180 e. The van der Waals surface area contributed by atoms with Gasteiger partial charge in [-0.05, 0) is 29.8 Å². The number of nitrogens with zero attached hydrogens (tertiary/aromatic N) is 4. The van der Waals surface area contributed by atoms with Crippen LogP contribution in [0.25, 0.3) is 16.7 Å². The molecule has 4 aromatic rings. The van der Waals surface area contributed by atoms with Crippen molar-refractivity contribution in [2.75, 3.05) is 5.32 Å². The van der Waals surface area contributed by atoms with Crippen LogP contribution >= 0.6 is 0 Å². The summed E-state index contributed by atoms with van der Waals surface area (Å²) >= 11 is 0. The second-order valence-electron chi connectivity index (χ2n) is 4.92. The molecular formula is C16H12FN5. The molecule has 0 radical (unpaired) electrons. The summed E-state index contributed by atoms with van der Waals surface area (Å²) in [6, 6.07) is 8.41. The summed E-state index contributed by atoms with van der Waals surface area (Å²) in [6.07, 6.45) is 7.03. The molecule has 5 nitrogen and oxygen atoms in total. The molecule has 1 N–H and O–H groups in total. The van der Waals surface area contributed by atoms with E-state index in [-0.39, 0.29) is 5.82 Å². The molecule has 0 bridgehead atoms. The lowest BCUT2D eigenvalue weighted by Gasteiger charge is -2.09. The van der Waals surface area contributed by atoms with Gasteiger partial charge in [-0.2, -0.15) is 0 Å². The van der Waals surface area contributed by atoms with Crippen molar-refractivity contribution in [1.82, 2.24) is 19.4 Å². The van der Waals surface area contributed by atoms with Crippen molar-refractivity contribution in [2.45, 2.75) is 6.54 Å². The molecule has 0 saturated heterocycles. The first-order chi connectivity index (χ1) is 10.8. The molecule has 0 fully saturated rings. The zero-order chi connectivity index (χ0) is 14.9. The van der Waals surface area contributed by atoms with Crippen molar-refractivity contribution >= 4 is 22.5 Å². The maximum Gasteiger partial charge on any atom is 0.180 e. The Morgan fingerprint density at radius 3 is 2.82 bits per heavy atom. The van der Waals surface area contributed by atoms with Crippen LogP contribution in [0.5, 0.6) is 0 Å². The van der Waals surface area contributed by atoms with Gasteiger partial charge in [-0.25, -0.2) is 14.4 Å². The van der Waals surface area contributed by atoms with Crippen LogP contribution in [-0.4, -0.2) is 19.4 Å². The monoisotopic (exact) mass is 293 g/mol. The van der Waals surface area contributed by atoms with Gasteiger partial charge in [0, 0.05) is 37.4 Å². The maximum atomic E-state index is 13.5. The van der Waals surface area contributed by atoms with E-state index in [1.54, 1.807) is 24.7 Å². The lowest BCUT2D eigenvalue weighted by molar-refractivity contribution is 0.629. The highest BCUT2D eigenvalue weighted by molar-refractivity contribution is 5.82. The van der Waals surface area contributed by atoms with E-state index in [4.69, 9.17) is 0 Å². The minimum Gasteiger partial charge on any atom is -0.363 e. The van der Waals surface area contributed by atoms with E-state index in [0.29, 0.717) is 23.5 Å². The van der Waals surface area contributed by atoms with Gasteiger partial charge in [0.05, 0.1) is 11.0 Å². The average Bonchev–Trinajstić information content (AvgIpc) is 3.03. The Balaban J connectivity index is 1.79. The van der Waals surface area contributed by atoms with Crippen molar-refractivity contribution in [1.29, 1.82) is 0 Å². The normalized spacial score (nSPS) is 11.1. The predicted molar refractivity (Wildman–Crippen MR) is 82.0 cm³/mol. The first kappa shape index (κ1) is 12.7. The number of imidazole rings is 1. The highest BCUT2D eigenvalue weighted by Gasteiger charge is 2.09. The van der Waals surface area contributed by atoms with Crippen LogP contribution < -0.4 is 5.32 Å². The van der Waals surface area contributed by atoms with E-state index >= 15 is 0 Å². The molecule has 0 aliphatic heterocycles. The van der Waals surface area contributed by atoms with Crippen LogP contribution in [0.15, 0.2) is 55.1 Å². The largest absolute Gasteiger partial charge is 0.363 e. The Bertz CT molecular complexity index is 949. The molecule has 22 heavy (non-hydrogen) atoms. The third-order valence-electron chi connectivity index (χ3n) is 3.49. The Kier molecular flexibility index (Phi) is 2.93. The summed E-state index contributed by atoms with van der Waals surface area (Å²) in [4.78, 5) is 12.8. The van der Waals surface area contributed by atoms with E-state index in [2.05, 4.69) is 20.3 Å². The summed E-state index contributed by atoms with van der Waals surface area (Å²) in [5, 5.41) is 3.26. The summed E-state index contributed by atoms with van der Waals surface area (Å²) in [5.41, 5.74) is 3.21. The van der Waals surface area contributed by atoms with E-state index in [0.717, 1.165) is 11.1 Å². The Hall–Kier alpha value is -3.02. The SMILES string of the molecule is Fc1ccc2c(c1)nc(NCc1ccncc1)c1nccn12. The van der Waals surface area contributed by atoms with Gasteiger partial charge in [-0.15, -0.1) is 0 Å². The fourth-order valence-corrected chi connectivity index (χ4v) is 2.44. The minimum atomic E-state index is -0.306. The summed E-state index contributed by atoms with van der Waals surface area (Å²) in [5.74, 6) is 0.319. The summed E-state index contributed by atoms with van der Waals surface area (Å²) < 4.78 is 15.4. The number of hydrogen-bond acceptors (Lipinski definition) is 4. The summed E-state index contributed by atoms with van der Waals surface area (Å²) in [7, 11) is 0. The number of pyridine rings is 1. The molecule has 3 heterocycles. The van der Waals surface area contributed by atoms with Crippen LogP contribution in [0, 0.1) is 5.82 Å². The van der Waals surface area contributed by atoms with Gasteiger partial charge in [-0.3, -0.25) is 9.38 Å². The first-order valence-corrected chi connectivity index (χ1v) is 6.86. The Morgan fingerprint density at radius 1 is 1.09 bits per heavy atom. The van der Waals surface area contributed by atoms with Gasteiger partial charge in [0.25, 0.3) is 0 Å². The molecule has 1 aromatic carbocycles. The molecule has 0 aliphatic rings. The molecule has 3 aromatic heterocycles. The number of fused-ring (bicyclic) bond motifs is 3. The van der Waals surface area contributed by atoms with Crippen molar-refractivity contribution in [3.63, 3.8) is 0 Å². The molecule has 0 spiro atoms. The molecule has 108 valence electrons. The van der Waals surface area contributed by atoms with Crippen LogP contribution in [-0.2, 0) is 6.54 Å². The van der Waals surface area contributed by atoms with Gasteiger partial charge < -0.3 is 5.32 Å². The number of aromatic nitrogens is 4. The zero-order valence-electron chi connectivity index (χ0n) is 11.6. The molecule has 6 heteroatoms. The van der Waals surface area contributed by atoms with Gasteiger partial charge in [0.2, 0.25) is 0 Å². The highest BCUT2D eigenvalue weighted by atomic mass is 19.1. The van der Waals surface area contributed by atoms with Crippen molar-refractivity contribution in [3.8, 4) is 0 Å². The van der Waals surface area contributed by atoms with Crippen LogP contribution in [0.2, 0.25) is 0 Å². The second-order valence-corrected chi connectivity index (χ2v) is 4.92. The fourth-order valence-electron chi connectivity index (χ4n) is 2.44. The van der Waals surface area contributed by atoms with Crippen LogP contribution in [0.1, 0.15) is 5.56 Å². The van der Waals surface area contributed by atoms with Crippen molar-refractivity contribution < 1.29 is 4.39 Å². The lowest BCUT2D eigenvalue weighted by Crippen LogP contribution is -2.05. The predicted octanol–water partition coefficient (Wildman–Crippen LogP) is 3.03. The minimum absolute atomic E-state index is 0.306. The first-order valence-electron chi connectivity index (χ1n) is 6.86. The van der Waals surface area contributed by atoms with E-state index in [9.17, 15) is 4.39 Å². The maximum absolute atomic E-state index is 13.5. The van der Waals surface area contributed by atoms with Gasteiger partial charge >= 0.3 is 0 Å². The highest BCUT2D eigenvalue weighted by Crippen LogP contribution is 2.21. The number of anilines is 1. The van der Waals surface area contributed by atoms with Crippen LogP contribution in [0.3, 0.4) is 0 Å². The third-order valence-corrected chi connectivity index (χ3v) is 3.49. The van der Waals surface area contributed by atoms with E-state index in [1.807, 2.05) is 22.7 Å². The van der Waals surface area contributed by atoms with E-state index in [1.165, 1.54) is 12.1 Å². The topological polar surface area (TPSA) is 55.1 Å². The van der Waals surface area contributed by atoms with Gasteiger partial charge in [0.1, 0.15) is 5.82 Å². The van der Waals surface area contributed by atoms with Gasteiger partial charge in [0.15, 0.2) is 11.5 Å². The Labute approximate surface area is 125 Å². The molecule has 0 saturated carbocycles. The van der Waals surface area contributed by atoms with Gasteiger partial charge in [-0.1, -0.05) is 0 Å². The number of nitrogens with one attached hydrogen (secondary N) is 1. The quantitative estimate of drug-likeness (QED) is 0.631. The molecule has 0 aliphatic carbocycles. The zero-order valence-corrected chi connectivity index (χ0v) is 11.6. The van der Waals surface area contributed by atoms with Crippen molar-refractivity contribution in [2.24, 2.45) is 0 Å². The number of benzene rings is 1. The third kappa shape index (κ3) is 2.14. The summed E-state index contributed by atoms with van der Waals surface area (Å²) in [6.45, 7) is 0.596. The number of halogens is 1. The molecular weight excluding hydrogens is 281 g/mol. The van der Waals surface area contributed by atoms with E-state index < -0.39 is 0 Å². The lowest BCUT2D eigenvalue weighted by atomic mass is 10.2. The molecule has 0 unspecified atom stereocenters. The number of rotatable bonds is 3. The fraction of sp³-hybridized carbons (Fsp3) is 0.0625. The second kappa shape index (κ2) is 5.07. The van der Waals surface area contributed by atoms with Crippen LogP contribution in [0.4, 0.5) is 10.2 Å².